The molecule has 3 N–H and O–H groups in total. The highest BCUT2D eigenvalue weighted by Crippen LogP contribution is 2.71. The molecule has 3 fully saturated rings. The SMILES string of the molecule is CCCCCNC(=O)C1N(CCCCO)C(=O)[C@@H]2[C@@H](C(=O)Nc3ccccc3)[C@@]3(C)CCC12S3. The van der Waals surface area contributed by atoms with Gasteiger partial charge in [0.05, 0.1) is 16.6 Å². The molecule has 0 radical (unpaired) electrons. The Morgan fingerprint density at radius 2 is 1.88 bits per heavy atom. The minimum Gasteiger partial charge on any atom is -0.396 e. The number of anilines is 1. The van der Waals surface area contributed by atoms with Gasteiger partial charge in [0.15, 0.2) is 0 Å². The number of para-hydroxylation sites is 1. The predicted molar refractivity (Wildman–Crippen MR) is 134 cm³/mol. The molecule has 1 spiro atoms. The lowest BCUT2D eigenvalue weighted by molar-refractivity contribution is -0.139. The van der Waals surface area contributed by atoms with Crippen LogP contribution in [0.2, 0.25) is 0 Å². The fourth-order valence-corrected chi connectivity index (χ4v) is 8.54. The number of likely N-dealkylation sites (tertiary alicyclic amines) is 1. The summed E-state index contributed by atoms with van der Waals surface area (Å²) in [5.74, 6) is -1.33. The zero-order valence-corrected chi connectivity index (χ0v) is 21.0. The van der Waals surface area contributed by atoms with Crippen molar-refractivity contribution in [1.82, 2.24) is 10.2 Å². The van der Waals surface area contributed by atoms with Gasteiger partial charge >= 0.3 is 0 Å². The number of aliphatic hydroxyl groups excluding tert-OH is 1. The number of unbranched alkanes of at least 4 members (excludes halogenated alkanes) is 3. The van der Waals surface area contributed by atoms with E-state index in [4.69, 9.17) is 0 Å². The first kappa shape index (κ1) is 25.0. The van der Waals surface area contributed by atoms with Gasteiger partial charge in [-0.25, -0.2) is 0 Å². The maximum absolute atomic E-state index is 13.9. The summed E-state index contributed by atoms with van der Waals surface area (Å²) in [5, 5.41) is 15.4. The van der Waals surface area contributed by atoms with Gasteiger partial charge in [-0.3, -0.25) is 14.4 Å². The van der Waals surface area contributed by atoms with Gasteiger partial charge in [-0.1, -0.05) is 38.0 Å². The normalized spacial score (nSPS) is 31.6. The number of aliphatic hydroxyl groups is 1. The van der Waals surface area contributed by atoms with Crippen LogP contribution < -0.4 is 10.6 Å². The molecule has 2 unspecified atom stereocenters. The lowest BCUT2D eigenvalue weighted by atomic mass is 9.66. The van der Waals surface area contributed by atoms with Crippen LogP contribution in [-0.2, 0) is 14.4 Å². The highest BCUT2D eigenvalue weighted by molar-refractivity contribution is 8.02. The van der Waals surface area contributed by atoms with Gasteiger partial charge < -0.3 is 20.6 Å². The maximum atomic E-state index is 13.9. The summed E-state index contributed by atoms with van der Waals surface area (Å²) in [7, 11) is 0. The number of fused-ring (bicyclic) bond motifs is 1. The van der Waals surface area contributed by atoms with Gasteiger partial charge in [-0.2, -0.15) is 0 Å². The third-order valence-electron chi connectivity index (χ3n) is 7.74. The Labute approximate surface area is 206 Å². The number of amides is 3. The van der Waals surface area contributed by atoms with Gasteiger partial charge in [-0.15, -0.1) is 11.8 Å². The third kappa shape index (κ3) is 4.35. The van der Waals surface area contributed by atoms with Crippen molar-refractivity contribution in [2.75, 3.05) is 25.0 Å². The third-order valence-corrected chi connectivity index (χ3v) is 9.72. The Morgan fingerprint density at radius 3 is 2.59 bits per heavy atom. The molecule has 3 aliphatic heterocycles. The number of thioether (sulfide) groups is 1. The minimum atomic E-state index is -0.585. The molecular formula is C26H37N3O4S. The molecule has 2 bridgehead atoms. The summed E-state index contributed by atoms with van der Waals surface area (Å²) >= 11 is 1.69. The molecule has 1 aromatic rings. The fraction of sp³-hybridized carbons (Fsp3) is 0.654. The van der Waals surface area contributed by atoms with E-state index in [1.807, 2.05) is 30.3 Å². The smallest absolute Gasteiger partial charge is 0.244 e. The van der Waals surface area contributed by atoms with Crippen LogP contribution in [0.15, 0.2) is 30.3 Å². The number of carbonyl (C=O) groups is 3. The summed E-state index contributed by atoms with van der Waals surface area (Å²) in [5.41, 5.74) is 0.716. The fourth-order valence-electron chi connectivity index (χ4n) is 6.19. The standard InChI is InChI=1S/C26H37N3O4S/c1-3-4-8-15-27-23(32)21-26-14-13-25(2,34-26)19(22(31)28-18-11-6-5-7-12-18)20(26)24(33)29(21)16-9-10-17-30/h5-7,11-12,19-21,30H,3-4,8-10,13-17H2,1-2H3,(H,27,32)(H,28,31)/t19-,20-,21?,25+,26?/m0/s1. The lowest BCUT2D eigenvalue weighted by Gasteiger charge is -2.34. The van der Waals surface area contributed by atoms with E-state index in [0.29, 0.717) is 31.6 Å². The van der Waals surface area contributed by atoms with E-state index in [0.717, 1.165) is 32.1 Å². The monoisotopic (exact) mass is 487 g/mol. The van der Waals surface area contributed by atoms with Crippen LogP contribution in [0.1, 0.15) is 58.8 Å². The second-order valence-electron chi connectivity index (χ2n) is 10.0. The number of hydrogen-bond acceptors (Lipinski definition) is 5. The largest absolute Gasteiger partial charge is 0.396 e. The van der Waals surface area contributed by atoms with E-state index in [1.54, 1.807) is 16.7 Å². The van der Waals surface area contributed by atoms with E-state index in [2.05, 4.69) is 24.5 Å². The number of hydrogen-bond donors (Lipinski definition) is 3. The molecule has 0 aliphatic carbocycles. The topological polar surface area (TPSA) is 98.7 Å². The van der Waals surface area contributed by atoms with Gasteiger partial charge in [0.2, 0.25) is 17.7 Å². The molecule has 8 heteroatoms. The average Bonchev–Trinajstić information content (AvgIpc) is 3.38. The van der Waals surface area contributed by atoms with Crippen LogP contribution in [-0.4, -0.2) is 63.0 Å². The van der Waals surface area contributed by atoms with Gasteiger partial charge in [0.25, 0.3) is 0 Å². The highest BCUT2D eigenvalue weighted by atomic mass is 32.2. The van der Waals surface area contributed by atoms with Crippen molar-refractivity contribution < 1.29 is 19.5 Å². The highest BCUT2D eigenvalue weighted by Gasteiger charge is 2.76. The van der Waals surface area contributed by atoms with Crippen LogP contribution in [0.25, 0.3) is 0 Å². The number of nitrogens with one attached hydrogen (secondary N) is 2. The quantitative estimate of drug-likeness (QED) is 0.417. The van der Waals surface area contributed by atoms with Crippen molar-refractivity contribution in [1.29, 1.82) is 0 Å². The first-order chi connectivity index (χ1) is 16.4. The van der Waals surface area contributed by atoms with Crippen molar-refractivity contribution in [3.05, 3.63) is 30.3 Å². The van der Waals surface area contributed by atoms with Crippen molar-refractivity contribution in [2.45, 2.75) is 74.3 Å². The van der Waals surface area contributed by atoms with E-state index >= 15 is 0 Å². The molecule has 5 atom stereocenters. The summed E-state index contributed by atoms with van der Waals surface area (Å²) in [6.07, 6.45) is 5.80. The zero-order valence-electron chi connectivity index (χ0n) is 20.2. The van der Waals surface area contributed by atoms with Crippen LogP contribution in [0.3, 0.4) is 0 Å². The van der Waals surface area contributed by atoms with Crippen molar-refractivity contribution in [3.63, 3.8) is 0 Å². The molecule has 3 heterocycles. The van der Waals surface area contributed by atoms with Crippen LogP contribution in [0.4, 0.5) is 5.69 Å². The first-order valence-electron chi connectivity index (χ1n) is 12.6. The van der Waals surface area contributed by atoms with Crippen molar-refractivity contribution >= 4 is 35.2 Å². The molecule has 0 saturated carbocycles. The predicted octanol–water partition coefficient (Wildman–Crippen LogP) is 3.19. The maximum Gasteiger partial charge on any atom is 0.244 e. The first-order valence-corrected chi connectivity index (χ1v) is 13.4. The summed E-state index contributed by atoms with van der Waals surface area (Å²) < 4.78 is -0.963. The Kier molecular flexibility index (Phi) is 7.57. The van der Waals surface area contributed by atoms with Crippen molar-refractivity contribution in [3.8, 4) is 0 Å². The molecule has 3 amide bonds. The molecule has 1 aromatic carbocycles. The van der Waals surface area contributed by atoms with Gasteiger partial charge in [0, 0.05) is 30.1 Å². The molecule has 3 saturated heterocycles. The zero-order chi connectivity index (χ0) is 24.3. The number of carbonyl (C=O) groups excluding carboxylic acids is 3. The number of rotatable bonds is 11. The average molecular weight is 488 g/mol. The van der Waals surface area contributed by atoms with Crippen LogP contribution in [0, 0.1) is 11.8 Å². The Hall–Kier alpha value is -2.06. The van der Waals surface area contributed by atoms with Crippen molar-refractivity contribution in [2.24, 2.45) is 11.8 Å². The summed E-state index contributed by atoms with van der Waals surface area (Å²) in [4.78, 5) is 42.7. The molecule has 186 valence electrons. The summed E-state index contributed by atoms with van der Waals surface area (Å²) in [6.45, 7) is 5.29. The second kappa shape index (κ2) is 10.3. The molecule has 7 nitrogen and oxygen atoms in total. The Balaban J connectivity index is 1.62. The van der Waals surface area contributed by atoms with Crippen LogP contribution >= 0.6 is 11.8 Å². The second-order valence-corrected chi connectivity index (χ2v) is 11.9. The Bertz CT molecular complexity index is 913. The van der Waals surface area contributed by atoms with E-state index in [9.17, 15) is 19.5 Å². The van der Waals surface area contributed by atoms with Gasteiger partial charge in [-0.05, 0) is 51.2 Å². The molecule has 34 heavy (non-hydrogen) atoms. The number of nitrogens with zero attached hydrogens (tertiary/aromatic N) is 1. The lowest BCUT2D eigenvalue weighted by Crippen LogP contribution is -2.54. The Morgan fingerprint density at radius 1 is 1.12 bits per heavy atom. The number of benzene rings is 1. The summed E-state index contributed by atoms with van der Waals surface area (Å²) in [6, 6.07) is 8.76. The molecular weight excluding hydrogens is 450 g/mol. The molecule has 0 aromatic heterocycles. The van der Waals surface area contributed by atoms with E-state index < -0.39 is 22.6 Å². The van der Waals surface area contributed by atoms with E-state index in [1.165, 1.54) is 0 Å². The van der Waals surface area contributed by atoms with E-state index in [-0.39, 0.29) is 29.1 Å². The molecule has 3 aliphatic rings. The van der Waals surface area contributed by atoms with Crippen LogP contribution in [0.5, 0.6) is 0 Å². The minimum absolute atomic E-state index is 0.0550. The molecule has 4 rings (SSSR count). The van der Waals surface area contributed by atoms with Gasteiger partial charge in [0.1, 0.15) is 6.04 Å².